The van der Waals surface area contributed by atoms with E-state index in [1.807, 2.05) is 24.8 Å². The van der Waals surface area contributed by atoms with E-state index in [1.54, 1.807) is 6.07 Å². The summed E-state index contributed by atoms with van der Waals surface area (Å²) in [5.74, 6) is 1.28. The van der Waals surface area contributed by atoms with Crippen molar-refractivity contribution in [3.63, 3.8) is 0 Å². The quantitative estimate of drug-likeness (QED) is 0.821. The molecule has 0 saturated carbocycles. The van der Waals surface area contributed by atoms with Gasteiger partial charge >= 0.3 is 0 Å². The molecule has 5 heteroatoms. The van der Waals surface area contributed by atoms with Crippen LogP contribution in [0, 0.1) is 0 Å². The zero-order chi connectivity index (χ0) is 12.4. The molecule has 1 saturated heterocycles. The molecule has 0 aliphatic carbocycles. The van der Waals surface area contributed by atoms with Gasteiger partial charge in [0.05, 0.1) is 17.9 Å². The summed E-state index contributed by atoms with van der Waals surface area (Å²) < 4.78 is 5.55. The van der Waals surface area contributed by atoms with Gasteiger partial charge in [-0.25, -0.2) is 0 Å². The number of aromatic nitrogens is 1. The van der Waals surface area contributed by atoms with Crippen molar-refractivity contribution in [2.75, 3.05) is 23.7 Å². The summed E-state index contributed by atoms with van der Waals surface area (Å²) in [6.45, 7) is 5.32. The number of nitrogen functional groups attached to an aromatic ring is 1. The molecule has 1 aliphatic heterocycles. The second kappa shape index (κ2) is 4.79. The first-order valence-corrected chi connectivity index (χ1v) is 5.92. The molecular formula is C12H19N3O2. The van der Waals surface area contributed by atoms with Crippen molar-refractivity contribution in [3.8, 4) is 5.88 Å². The van der Waals surface area contributed by atoms with Crippen LogP contribution in [-0.2, 0) is 0 Å². The molecule has 5 nitrogen and oxygen atoms in total. The van der Waals surface area contributed by atoms with E-state index < -0.39 is 0 Å². The predicted molar refractivity (Wildman–Crippen MR) is 67.3 cm³/mol. The molecule has 1 aromatic heterocycles. The Labute approximate surface area is 101 Å². The van der Waals surface area contributed by atoms with Crippen LogP contribution < -0.4 is 15.4 Å². The lowest BCUT2D eigenvalue weighted by atomic mass is 10.3. The summed E-state index contributed by atoms with van der Waals surface area (Å²) >= 11 is 0. The monoisotopic (exact) mass is 237 g/mol. The molecule has 3 N–H and O–H groups in total. The molecule has 1 aromatic rings. The maximum absolute atomic E-state index is 9.50. The lowest BCUT2D eigenvalue weighted by molar-refractivity contribution is 0.198. The van der Waals surface area contributed by atoms with Crippen LogP contribution in [-0.4, -0.2) is 35.4 Å². The fraction of sp³-hybridized carbons (Fsp3) is 0.583. The van der Waals surface area contributed by atoms with Crippen molar-refractivity contribution in [1.29, 1.82) is 0 Å². The standard InChI is InChI=1S/C12H19N3O2/c1-8(2)17-12-10(13)3-4-11(14-12)15-6-5-9(16)7-15/h3-4,8-9,16H,5-7,13H2,1-2H3. The molecule has 1 fully saturated rings. The van der Waals surface area contributed by atoms with Gasteiger partial charge in [-0.2, -0.15) is 4.98 Å². The van der Waals surface area contributed by atoms with Crippen LogP contribution >= 0.6 is 0 Å². The Hall–Kier alpha value is -1.49. The van der Waals surface area contributed by atoms with Crippen molar-refractivity contribution < 1.29 is 9.84 Å². The number of pyridine rings is 1. The number of anilines is 2. The summed E-state index contributed by atoms with van der Waals surface area (Å²) in [5.41, 5.74) is 6.35. The molecule has 1 atom stereocenters. The normalized spacial score (nSPS) is 20.0. The van der Waals surface area contributed by atoms with Gasteiger partial charge in [-0.3, -0.25) is 0 Å². The first-order valence-electron chi connectivity index (χ1n) is 5.92. The molecule has 0 aromatic carbocycles. The summed E-state index contributed by atoms with van der Waals surface area (Å²) in [7, 11) is 0. The number of hydrogen-bond donors (Lipinski definition) is 2. The van der Waals surface area contributed by atoms with Crippen LogP contribution in [0.5, 0.6) is 5.88 Å². The maximum atomic E-state index is 9.50. The van der Waals surface area contributed by atoms with Crippen molar-refractivity contribution in [2.24, 2.45) is 0 Å². The Morgan fingerprint density at radius 2 is 2.29 bits per heavy atom. The van der Waals surface area contributed by atoms with Crippen molar-refractivity contribution in [3.05, 3.63) is 12.1 Å². The zero-order valence-electron chi connectivity index (χ0n) is 10.3. The highest BCUT2D eigenvalue weighted by atomic mass is 16.5. The summed E-state index contributed by atoms with van der Waals surface area (Å²) in [6.07, 6.45) is 0.569. The molecule has 0 radical (unpaired) electrons. The average molecular weight is 237 g/mol. The number of nitrogens with zero attached hydrogens (tertiary/aromatic N) is 2. The fourth-order valence-electron chi connectivity index (χ4n) is 1.89. The maximum Gasteiger partial charge on any atom is 0.239 e. The highest BCUT2D eigenvalue weighted by molar-refractivity contribution is 5.55. The molecule has 94 valence electrons. The van der Waals surface area contributed by atoms with Crippen LogP contribution in [0.25, 0.3) is 0 Å². The third-order valence-electron chi connectivity index (χ3n) is 2.71. The van der Waals surface area contributed by atoms with E-state index in [1.165, 1.54) is 0 Å². The van der Waals surface area contributed by atoms with E-state index >= 15 is 0 Å². The topological polar surface area (TPSA) is 71.6 Å². The summed E-state index contributed by atoms with van der Waals surface area (Å²) in [6, 6.07) is 3.66. The summed E-state index contributed by atoms with van der Waals surface area (Å²) in [4.78, 5) is 6.44. The molecule has 17 heavy (non-hydrogen) atoms. The molecule has 1 aliphatic rings. The van der Waals surface area contributed by atoms with Gasteiger partial charge in [0.25, 0.3) is 0 Å². The van der Waals surface area contributed by atoms with Gasteiger partial charge in [0, 0.05) is 13.1 Å². The Balaban J connectivity index is 2.18. The molecule has 0 spiro atoms. The number of rotatable bonds is 3. The SMILES string of the molecule is CC(C)Oc1nc(N2CCC(O)C2)ccc1N. The van der Waals surface area contributed by atoms with E-state index in [0.717, 1.165) is 18.8 Å². The Morgan fingerprint density at radius 3 is 2.88 bits per heavy atom. The smallest absolute Gasteiger partial charge is 0.239 e. The van der Waals surface area contributed by atoms with E-state index in [2.05, 4.69) is 4.98 Å². The minimum atomic E-state index is -0.260. The Morgan fingerprint density at radius 1 is 1.53 bits per heavy atom. The van der Waals surface area contributed by atoms with Gasteiger partial charge in [0.15, 0.2) is 0 Å². The minimum Gasteiger partial charge on any atom is -0.473 e. The Bertz CT molecular complexity index is 395. The van der Waals surface area contributed by atoms with Crippen LogP contribution in [0.3, 0.4) is 0 Å². The first kappa shape index (κ1) is 12.0. The third kappa shape index (κ3) is 2.79. The van der Waals surface area contributed by atoms with Crippen LogP contribution in [0.15, 0.2) is 12.1 Å². The van der Waals surface area contributed by atoms with Gasteiger partial charge in [-0.1, -0.05) is 0 Å². The molecule has 2 heterocycles. The second-order valence-corrected chi connectivity index (χ2v) is 4.62. The van der Waals surface area contributed by atoms with Crippen molar-refractivity contribution in [2.45, 2.75) is 32.5 Å². The van der Waals surface area contributed by atoms with Crippen molar-refractivity contribution in [1.82, 2.24) is 4.98 Å². The predicted octanol–water partition coefficient (Wildman–Crippen LogP) is 1.02. The Kier molecular flexibility index (Phi) is 3.38. The summed E-state index contributed by atoms with van der Waals surface area (Å²) in [5, 5.41) is 9.50. The number of β-amino-alcohol motifs (C(OH)–C–C–N with tert-alkyl or cyclic N) is 1. The van der Waals surface area contributed by atoms with Crippen molar-refractivity contribution >= 4 is 11.5 Å². The van der Waals surface area contributed by atoms with Crippen LogP contribution in [0.1, 0.15) is 20.3 Å². The van der Waals surface area contributed by atoms with Gasteiger partial charge in [-0.15, -0.1) is 0 Å². The van der Waals surface area contributed by atoms with E-state index in [4.69, 9.17) is 10.5 Å². The van der Waals surface area contributed by atoms with Gasteiger partial charge in [0.1, 0.15) is 5.82 Å². The molecular weight excluding hydrogens is 218 g/mol. The van der Waals surface area contributed by atoms with Crippen LogP contribution in [0.2, 0.25) is 0 Å². The molecule has 0 amide bonds. The molecule has 1 unspecified atom stereocenters. The zero-order valence-corrected chi connectivity index (χ0v) is 10.3. The van der Waals surface area contributed by atoms with Gasteiger partial charge < -0.3 is 20.5 Å². The van der Waals surface area contributed by atoms with Gasteiger partial charge in [0.2, 0.25) is 5.88 Å². The lowest BCUT2D eigenvalue weighted by Crippen LogP contribution is -2.22. The lowest BCUT2D eigenvalue weighted by Gasteiger charge is -2.19. The number of hydrogen-bond acceptors (Lipinski definition) is 5. The largest absolute Gasteiger partial charge is 0.473 e. The van der Waals surface area contributed by atoms with E-state index in [0.29, 0.717) is 18.1 Å². The fourth-order valence-corrected chi connectivity index (χ4v) is 1.89. The second-order valence-electron chi connectivity index (χ2n) is 4.62. The third-order valence-corrected chi connectivity index (χ3v) is 2.71. The number of ether oxygens (including phenoxy) is 1. The molecule has 2 rings (SSSR count). The molecule has 0 bridgehead atoms. The highest BCUT2D eigenvalue weighted by Gasteiger charge is 2.22. The number of nitrogens with two attached hydrogens (primary N) is 1. The average Bonchev–Trinajstić information content (AvgIpc) is 2.67. The minimum absolute atomic E-state index is 0.0456. The van der Waals surface area contributed by atoms with E-state index in [9.17, 15) is 5.11 Å². The highest BCUT2D eigenvalue weighted by Crippen LogP contribution is 2.26. The number of aliphatic hydroxyl groups excluding tert-OH is 1. The van der Waals surface area contributed by atoms with Gasteiger partial charge in [-0.05, 0) is 32.4 Å². The first-order chi connectivity index (χ1) is 8.06. The van der Waals surface area contributed by atoms with Crippen LogP contribution in [0.4, 0.5) is 11.5 Å². The number of aliphatic hydroxyl groups is 1. The van der Waals surface area contributed by atoms with E-state index in [-0.39, 0.29) is 12.2 Å².